The minimum Gasteiger partial charge on any atom is -0.508 e. The number of carbonyl (C=O) groups is 1. The number of aromatic hydroxyl groups is 2. The molecule has 1 aliphatic heterocycles. The van der Waals surface area contributed by atoms with Crippen LogP contribution in [0.4, 0.5) is 0 Å². The molecule has 3 rings (SSSR count). The van der Waals surface area contributed by atoms with E-state index in [0.29, 0.717) is 11.1 Å². The Hall–Kier alpha value is -3.07. The molecular weight excluding hydrogens is 340 g/mol. The Morgan fingerprint density at radius 2 is 2.04 bits per heavy atom. The molecule has 1 amide bonds. The molecule has 26 heavy (non-hydrogen) atoms. The van der Waals surface area contributed by atoms with E-state index in [9.17, 15) is 20.1 Å². The van der Waals surface area contributed by atoms with E-state index in [2.05, 4.69) is 5.48 Å². The van der Waals surface area contributed by atoms with Crippen molar-refractivity contribution in [2.75, 3.05) is 0 Å². The number of rotatable bonds is 4. The summed E-state index contributed by atoms with van der Waals surface area (Å²) in [4.78, 5) is 16.6. The normalized spacial score (nSPS) is 18.5. The maximum absolute atomic E-state index is 11.3. The summed E-state index contributed by atoms with van der Waals surface area (Å²) >= 11 is 0. The van der Waals surface area contributed by atoms with Gasteiger partial charge in [0.1, 0.15) is 29.1 Å². The number of hydrogen-bond donors (Lipinski definition) is 5. The Balaban J connectivity index is 2.21. The first kappa shape index (κ1) is 17.7. The zero-order valence-corrected chi connectivity index (χ0v) is 13.9. The third-order valence-electron chi connectivity index (χ3n) is 3.94. The molecule has 0 bridgehead atoms. The van der Waals surface area contributed by atoms with Gasteiger partial charge in [-0.3, -0.25) is 4.79 Å². The van der Waals surface area contributed by atoms with Crippen LogP contribution in [-0.2, 0) is 22.0 Å². The molecule has 0 aliphatic carbocycles. The summed E-state index contributed by atoms with van der Waals surface area (Å²) in [5.74, 6) is -3.59. The van der Waals surface area contributed by atoms with Crippen molar-refractivity contribution in [3.63, 3.8) is 0 Å². The lowest BCUT2D eigenvalue weighted by atomic mass is 9.87. The van der Waals surface area contributed by atoms with Crippen LogP contribution in [0, 0.1) is 0 Å². The van der Waals surface area contributed by atoms with Crippen LogP contribution >= 0.6 is 0 Å². The van der Waals surface area contributed by atoms with Gasteiger partial charge in [-0.2, -0.15) is 0 Å². The molecule has 0 fully saturated rings. The van der Waals surface area contributed by atoms with Gasteiger partial charge in [0.05, 0.1) is 5.57 Å². The molecule has 2 aromatic rings. The molecule has 0 radical (unpaired) electrons. The smallest absolute Gasteiger partial charge is 0.254 e. The Bertz CT molecular complexity index is 895. The highest BCUT2D eigenvalue weighted by Gasteiger charge is 2.46. The number of fused-ring (bicyclic) bond motifs is 1. The van der Waals surface area contributed by atoms with Crippen LogP contribution in [0.15, 0.2) is 42.7 Å². The zero-order valence-electron chi connectivity index (χ0n) is 13.9. The molecule has 0 saturated heterocycles. The minimum atomic E-state index is -2.28. The van der Waals surface area contributed by atoms with Crippen molar-refractivity contribution in [3.8, 4) is 17.2 Å². The van der Waals surface area contributed by atoms with E-state index >= 15 is 0 Å². The Morgan fingerprint density at radius 3 is 2.73 bits per heavy atom. The molecule has 0 spiro atoms. The fourth-order valence-electron chi connectivity index (χ4n) is 2.82. The van der Waals surface area contributed by atoms with Crippen molar-refractivity contribution in [1.82, 2.24) is 5.48 Å². The molecule has 8 nitrogen and oxygen atoms in total. The first-order valence-corrected chi connectivity index (χ1v) is 7.76. The molecule has 6 N–H and O–H groups in total. The van der Waals surface area contributed by atoms with Crippen molar-refractivity contribution in [2.45, 2.75) is 19.3 Å². The predicted molar refractivity (Wildman–Crippen MR) is 91.5 cm³/mol. The monoisotopic (exact) mass is 358 g/mol. The van der Waals surface area contributed by atoms with Gasteiger partial charge >= 0.3 is 0 Å². The Morgan fingerprint density at radius 1 is 1.31 bits per heavy atom. The lowest BCUT2D eigenvalue weighted by molar-refractivity contribution is -0.211. The summed E-state index contributed by atoms with van der Waals surface area (Å²) in [6.07, 6.45) is 1.22. The lowest BCUT2D eigenvalue weighted by Gasteiger charge is -2.35. The molecule has 0 aromatic heterocycles. The average Bonchev–Trinajstić information content (AvgIpc) is 2.59. The SMILES string of the molecule is CC(=O)NOC1(O)C(c2ccccc2CN)=COc2cc(O)cc(O)c21. The van der Waals surface area contributed by atoms with Crippen LogP contribution < -0.4 is 16.0 Å². The van der Waals surface area contributed by atoms with Crippen LogP contribution in [0.1, 0.15) is 23.6 Å². The number of hydrogen-bond acceptors (Lipinski definition) is 7. The average molecular weight is 358 g/mol. The minimum absolute atomic E-state index is 0.0238. The van der Waals surface area contributed by atoms with E-state index in [1.807, 2.05) is 0 Å². The van der Waals surface area contributed by atoms with Crippen molar-refractivity contribution in [2.24, 2.45) is 5.73 Å². The molecule has 2 aromatic carbocycles. The Kier molecular flexibility index (Phi) is 4.56. The quantitative estimate of drug-likeness (QED) is 0.409. The van der Waals surface area contributed by atoms with Gasteiger partial charge in [0, 0.05) is 25.6 Å². The third kappa shape index (κ3) is 2.97. The van der Waals surface area contributed by atoms with E-state index in [1.165, 1.54) is 19.3 Å². The number of benzene rings is 2. The summed E-state index contributed by atoms with van der Waals surface area (Å²) in [5.41, 5.74) is 9.03. The van der Waals surface area contributed by atoms with E-state index in [0.717, 1.165) is 6.07 Å². The number of carbonyl (C=O) groups excluding carboxylic acids is 1. The topological polar surface area (TPSA) is 134 Å². The highest BCUT2D eigenvalue weighted by Crippen LogP contribution is 2.50. The van der Waals surface area contributed by atoms with Gasteiger partial charge in [-0.1, -0.05) is 24.3 Å². The number of phenols is 2. The van der Waals surface area contributed by atoms with E-state index in [-0.39, 0.29) is 29.2 Å². The van der Waals surface area contributed by atoms with Crippen LogP contribution in [0.5, 0.6) is 17.2 Å². The highest BCUT2D eigenvalue weighted by atomic mass is 16.7. The van der Waals surface area contributed by atoms with E-state index in [1.54, 1.807) is 24.3 Å². The van der Waals surface area contributed by atoms with Gasteiger partial charge in [-0.05, 0) is 11.1 Å². The number of amides is 1. The maximum Gasteiger partial charge on any atom is 0.254 e. The molecule has 8 heteroatoms. The molecule has 0 saturated carbocycles. The lowest BCUT2D eigenvalue weighted by Crippen LogP contribution is -2.40. The first-order chi connectivity index (χ1) is 12.4. The first-order valence-electron chi connectivity index (χ1n) is 7.76. The summed E-state index contributed by atoms with van der Waals surface area (Å²) in [7, 11) is 0. The molecule has 1 aliphatic rings. The highest BCUT2D eigenvalue weighted by molar-refractivity contribution is 5.79. The van der Waals surface area contributed by atoms with E-state index < -0.39 is 17.4 Å². The van der Waals surface area contributed by atoms with Gasteiger partial charge in [0.15, 0.2) is 0 Å². The Labute approximate surface area is 149 Å². The molecule has 136 valence electrons. The second-order valence-electron chi connectivity index (χ2n) is 5.75. The predicted octanol–water partition coefficient (Wildman–Crippen LogP) is 1.20. The van der Waals surface area contributed by atoms with Gasteiger partial charge in [0.25, 0.3) is 5.79 Å². The number of nitrogens with two attached hydrogens (primary N) is 1. The largest absolute Gasteiger partial charge is 0.508 e. The third-order valence-corrected chi connectivity index (χ3v) is 3.94. The maximum atomic E-state index is 11.3. The van der Waals surface area contributed by atoms with Crippen molar-refractivity contribution in [3.05, 3.63) is 59.4 Å². The van der Waals surface area contributed by atoms with Crippen LogP contribution in [0.25, 0.3) is 5.57 Å². The van der Waals surface area contributed by atoms with Gasteiger partial charge in [-0.25, -0.2) is 10.3 Å². The van der Waals surface area contributed by atoms with Crippen LogP contribution in [0.2, 0.25) is 0 Å². The van der Waals surface area contributed by atoms with Gasteiger partial charge in [0.2, 0.25) is 5.91 Å². The molecule has 1 unspecified atom stereocenters. The van der Waals surface area contributed by atoms with Crippen LogP contribution in [-0.4, -0.2) is 21.2 Å². The number of aliphatic hydroxyl groups is 1. The summed E-state index contributed by atoms with van der Waals surface area (Å²) in [5, 5.41) is 31.2. The standard InChI is InChI=1S/C18H18N2O6/c1-10(21)20-26-18(24)14(13-5-3-2-4-11(13)8-19)9-25-16-7-12(22)6-15(23)17(16)18/h2-7,9,22-24H,8,19H2,1H3,(H,20,21). The molecule has 1 atom stereocenters. The zero-order chi connectivity index (χ0) is 18.9. The summed E-state index contributed by atoms with van der Waals surface area (Å²) in [6, 6.07) is 9.22. The fourth-order valence-corrected chi connectivity index (χ4v) is 2.82. The second kappa shape index (κ2) is 6.68. The van der Waals surface area contributed by atoms with Crippen molar-refractivity contribution < 1.29 is 29.7 Å². The van der Waals surface area contributed by atoms with Gasteiger partial charge in [-0.15, -0.1) is 0 Å². The fraction of sp³-hybridized carbons (Fsp3) is 0.167. The molecule has 1 heterocycles. The van der Waals surface area contributed by atoms with Gasteiger partial charge < -0.3 is 25.8 Å². The van der Waals surface area contributed by atoms with Crippen LogP contribution in [0.3, 0.4) is 0 Å². The number of phenolic OH excluding ortho intramolecular Hbond substituents is 2. The van der Waals surface area contributed by atoms with Crippen molar-refractivity contribution >= 4 is 11.5 Å². The summed E-state index contributed by atoms with van der Waals surface area (Å²) < 4.78 is 5.48. The number of nitrogens with one attached hydrogen (secondary N) is 1. The second-order valence-corrected chi connectivity index (χ2v) is 5.75. The summed E-state index contributed by atoms with van der Waals surface area (Å²) in [6.45, 7) is 1.38. The number of hydroxylamine groups is 1. The molecular formula is C18H18N2O6. The number of ether oxygens (including phenoxy) is 1. The van der Waals surface area contributed by atoms with Crippen molar-refractivity contribution in [1.29, 1.82) is 0 Å². The van der Waals surface area contributed by atoms with E-state index in [4.69, 9.17) is 15.3 Å².